The van der Waals surface area contributed by atoms with Gasteiger partial charge in [-0.3, -0.25) is 4.79 Å². The lowest BCUT2D eigenvalue weighted by Gasteiger charge is -2.14. The third-order valence-electron chi connectivity index (χ3n) is 1.46. The van der Waals surface area contributed by atoms with Crippen molar-refractivity contribution in [3.8, 4) is 0 Å². The SMILES string of the molecule is CCCC(=O)O[C@@H](C)C[C@H](C)O. The molecule has 3 heteroatoms. The molecule has 0 aromatic rings. The van der Waals surface area contributed by atoms with Crippen molar-refractivity contribution in [1.29, 1.82) is 0 Å². The van der Waals surface area contributed by atoms with E-state index in [0.717, 1.165) is 6.42 Å². The number of hydrogen-bond acceptors (Lipinski definition) is 3. The van der Waals surface area contributed by atoms with E-state index in [1.165, 1.54) is 0 Å². The number of aliphatic hydroxyl groups excluding tert-OH is 1. The molecular formula is C9H18O3. The Bertz CT molecular complexity index is 132. The Kier molecular flexibility index (Phi) is 5.72. The summed E-state index contributed by atoms with van der Waals surface area (Å²) in [5, 5.41) is 8.97. The normalized spacial score (nSPS) is 15.3. The first kappa shape index (κ1) is 11.4. The van der Waals surface area contributed by atoms with Gasteiger partial charge in [-0.15, -0.1) is 0 Å². The molecule has 72 valence electrons. The maximum atomic E-state index is 10.9. The molecule has 0 unspecified atom stereocenters. The van der Waals surface area contributed by atoms with Gasteiger partial charge in [-0.05, 0) is 20.3 Å². The van der Waals surface area contributed by atoms with Gasteiger partial charge in [-0.2, -0.15) is 0 Å². The molecule has 0 aliphatic carbocycles. The smallest absolute Gasteiger partial charge is 0.306 e. The first-order valence-corrected chi connectivity index (χ1v) is 4.43. The van der Waals surface area contributed by atoms with Crippen LogP contribution in [-0.2, 0) is 9.53 Å². The Balaban J connectivity index is 3.54. The fraction of sp³-hybridized carbons (Fsp3) is 0.889. The molecule has 0 aromatic carbocycles. The van der Waals surface area contributed by atoms with E-state index in [-0.39, 0.29) is 12.1 Å². The van der Waals surface area contributed by atoms with Crippen LogP contribution in [0, 0.1) is 0 Å². The third-order valence-corrected chi connectivity index (χ3v) is 1.46. The summed E-state index contributed by atoms with van der Waals surface area (Å²) in [6, 6.07) is 0. The number of hydrogen-bond donors (Lipinski definition) is 1. The van der Waals surface area contributed by atoms with Crippen molar-refractivity contribution in [3.63, 3.8) is 0 Å². The van der Waals surface area contributed by atoms with E-state index in [1.54, 1.807) is 13.8 Å². The average molecular weight is 174 g/mol. The van der Waals surface area contributed by atoms with Crippen molar-refractivity contribution in [2.24, 2.45) is 0 Å². The summed E-state index contributed by atoms with van der Waals surface area (Å²) in [5.74, 6) is -0.175. The van der Waals surface area contributed by atoms with Crippen LogP contribution in [0.15, 0.2) is 0 Å². The highest BCUT2D eigenvalue weighted by molar-refractivity contribution is 5.69. The Labute approximate surface area is 73.7 Å². The maximum Gasteiger partial charge on any atom is 0.306 e. The van der Waals surface area contributed by atoms with E-state index in [4.69, 9.17) is 9.84 Å². The zero-order valence-corrected chi connectivity index (χ0v) is 8.04. The van der Waals surface area contributed by atoms with E-state index in [0.29, 0.717) is 12.8 Å². The summed E-state index contributed by atoms with van der Waals surface area (Å²) in [6.07, 6.45) is 1.19. The molecule has 0 rings (SSSR count). The molecule has 0 saturated heterocycles. The Morgan fingerprint density at radius 3 is 2.50 bits per heavy atom. The van der Waals surface area contributed by atoms with Gasteiger partial charge in [-0.1, -0.05) is 6.92 Å². The Morgan fingerprint density at radius 1 is 1.50 bits per heavy atom. The molecule has 0 amide bonds. The first-order chi connectivity index (χ1) is 5.56. The topological polar surface area (TPSA) is 46.5 Å². The highest BCUT2D eigenvalue weighted by Crippen LogP contribution is 2.03. The maximum absolute atomic E-state index is 10.9. The molecule has 0 aliphatic rings. The standard InChI is InChI=1S/C9H18O3/c1-4-5-9(11)12-8(3)6-7(2)10/h7-8,10H,4-6H2,1-3H3/t7-,8-/m0/s1. The lowest BCUT2D eigenvalue weighted by Crippen LogP contribution is -2.19. The van der Waals surface area contributed by atoms with Gasteiger partial charge in [0.1, 0.15) is 6.10 Å². The van der Waals surface area contributed by atoms with Gasteiger partial charge in [0.2, 0.25) is 0 Å². The average Bonchev–Trinajstić information content (AvgIpc) is 1.84. The van der Waals surface area contributed by atoms with Crippen LogP contribution in [0.3, 0.4) is 0 Å². The molecule has 12 heavy (non-hydrogen) atoms. The zero-order valence-electron chi connectivity index (χ0n) is 8.04. The quantitative estimate of drug-likeness (QED) is 0.642. The molecule has 0 aliphatic heterocycles. The van der Waals surface area contributed by atoms with E-state index < -0.39 is 6.10 Å². The predicted molar refractivity (Wildman–Crippen MR) is 46.8 cm³/mol. The fourth-order valence-corrected chi connectivity index (χ4v) is 1.02. The van der Waals surface area contributed by atoms with Crippen LogP contribution >= 0.6 is 0 Å². The van der Waals surface area contributed by atoms with Gasteiger partial charge in [0.15, 0.2) is 0 Å². The van der Waals surface area contributed by atoms with Gasteiger partial charge in [0.25, 0.3) is 0 Å². The van der Waals surface area contributed by atoms with Crippen molar-refractivity contribution in [1.82, 2.24) is 0 Å². The second-order valence-electron chi connectivity index (χ2n) is 3.14. The van der Waals surface area contributed by atoms with Crippen molar-refractivity contribution in [3.05, 3.63) is 0 Å². The number of esters is 1. The Hall–Kier alpha value is -0.570. The molecule has 2 atom stereocenters. The van der Waals surface area contributed by atoms with Gasteiger partial charge < -0.3 is 9.84 Å². The minimum Gasteiger partial charge on any atom is -0.463 e. The molecule has 3 nitrogen and oxygen atoms in total. The first-order valence-electron chi connectivity index (χ1n) is 4.43. The van der Waals surface area contributed by atoms with Crippen LogP contribution in [0.25, 0.3) is 0 Å². The zero-order chi connectivity index (χ0) is 9.56. The molecule has 1 N–H and O–H groups in total. The molecule has 0 heterocycles. The Morgan fingerprint density at radius 2 is 2.08 bits per heavy atom. The van der Waals surface area contributed by atoms with Crippen LogP contribution < -0.4 is 0 Å². The van der Waals surface area contributed by atoms with Gasteiger partial charge >= 0.3 is 5.97 Å². The second kappa shape index (κ2) is 6.00. The number of aliphatic hydroxyl groups is 1. The monoisotopic (exact) mass is 174 g/mol. The third kappa shape index (κ3) is 6.16. The molecule has 0 spiro atoms. The molecular weight excluding hydrogens is 156 g/mol. The highest BCUT2D eigenvalue weighted by atomic mass is 16.5. The predicted octanol–water partition coefficient (Wildman–Crippen LogP) is 1.49. The van der Waals surface area contributed by atoms with E-state index in [1.807, 2.05) is 6.92 Å². The van der Waals surface area contributed by atoms with E-state index in [9.17, 15) is 4.79 Å². The summed E-state index contributed by atoms with van der Waals surface area (Å²) in [5.41, 5.74) is 0. The lowest BCUT2D eigenvalue weighted by molar-refractivity contribution is -0.149. The van der Waals surface area contributed by atoms with Gasteiger partial charge in [-0.25, -0.2) is 0 Å². The summed E-state index contributed by atoms with van der Waals surface area (Å²) in [6.45, 7) is 5.41. The van der Waals surface area contributed by atoms with Crippen LogP contribution in [-0.4, -0.2) is 23.3 Å². The van der Waals surface area contributed by atoms with Crippen molar-refractivity contribution in [2.45, 2.75) is 52.2 Å². The molecule has 0 radical (unpaired) electrons. The van der Waals surface area contributed by atoms with Gasteiger partial charge in [0.05, 0.1) is 6.10 Å². The molecule has 0 saturated carbocycles. The van der Waals surface area contributed by atoms with Crippen LogP contribution in [0.2, 0.25) is 0 Å². The fourth-order valence-electron chi connectivity index (χ4n) is 1.02. The number of carbonyl (C=O) groups is 1. The molecule has 0 bridgehead atoms. The summed E-state index contributed by atoms with van der Waals surface area (Å²) >= 11 is 0. The number of carbonyl (C=O) groups excluding carboxylic acids is 1. The van der Waals surface area contributed by atoms with Gasteiger partial charge in [0, 0.05) is 12.8 Å². The minimum absolute atomic E-state index is 0.175. The molecule has 0 fully saturated rings. The lowest BCUT2D eigenvalue weighted by atomic mass is 10.2. The van der Waals surface area contributed by atoms with Crippen LogP contribution in [0.5, 0.6) is 0 Å². The van der Waals surface area contributed by atoms with E-state index >= 15 is 0 Å². The largest absolute Gasteiger partial charge is 0.463 e. The highest BCUT2D eigenvalue weighted by Gasteiger charge is 2.10. The van der Waals surface area contributed by atoms with Crippen molar-refractivity contribution >= 4 is 5.97 Å². The molecule has 0 aromatic heterocycles. The number of rotatable bonds is 5. The van der Waals surface area contributed by atoms with E-state index in [2.05, 4.69) is 0 Å². The summed E-state index contributed by atoms with van der Waals surface area (Å²) in [7, 11) is 0. The number of ether oxygens (including phenoxy) is 1. The minimum atomic E-state index is -0.408. The van der Waals surface area contributed by atoms with Crippen LogP contribution in [0.1, 0.15) is 40.0 Å². The summed E-state index contributed by atoms with van der Waals surface area (Å²) in [4.78, 5) is 10.9. The second-order valence-corrected chi connectivity index (χ2v) is 3.14. The van der Waals surface area contributed by atoms with Crippen molar-refractivity contribution < 1.29 is 14.6 Å². The summed E-state index contributed by atoms with van der Waals surface area (Å²) < 4.78 is 5.00. The van der Waals surface area contributed by atoms with Crippen LogP contribution in [0.4, 0.5) is 0 Å². The van der Waals surface area contributed by atoms with Crippen molar-refractivity contribution in [2.75, 3.05) is 0 Å².